The van der Waals surface area contributed by atoms with Gasteiger partial charge in [-0.05, 0) is 6.92 Å². The molecule has 0 aliphatic carbocycles. The van der Waals surface area contributed by atoms with Gasteiger partial charge in [0, 0.05) is 0 Å². The summed E-state index contributed by atoms with van der Waals surface area (Å²) in [6.45, 7) is 1.00. The van der Waals surface area contributed by atoms with Gasteiger partial charge < -0.3 is 20.1 Å². The van der Waals surface area contributed by atoms with E-state index in [1.165, 1.54) is 6.92 Å². The number of hydrogen-bond donors (Lipinski definition) is 3. The third-order valence-corrected chi connectivity index (χ3v) is 2.88. The Balaban J connectivity index is 2.76. The highest BCUT2D eigenvalue weighted by atomic mass is 16.5. The van der Waals surface area contributed by atoms with E-state index in [1.54, 1.807) is 0 Å². The van der Waals surface area contributed by atoms with E-state index >= 15 is 0 Å². The van der Waals surface area contributed by atoms with Gasteiger partial charge in [-0.25, -0.2) is 9.59 Å². The standard InChI is InChI=1S/C11H15N3O7/c1-5-9(17)13-7(15)4-14(5)11(20)12-6(10(18)19)3-8(16)21-2/h5-6H,3-4H2,1-2H3,(H,12,20)(H,18,19)(H,13,15,17)/t5?,6-/m0/s1. The molecule has 1 fully saturated rings. The fourth-order valence-corrected chi connectivity index (χ4v) is 1.64. The van der Waals surface area contributed by atoms with Gasteiger partial charge in [0.25, 0.3) is 0 Å². The number of hydrogen-bond acceptors (Lipinski definition) is 6. The summed E-state index contributed by atoms with van der Waals surface area (Å²) in [7, 11) is 1.08. The average Bonchev–Trinajstić information content (AvgIpc) is 2.41. The highest BCUT2D eigenvalue weighted by Crippen LogP contribution is 2.06. The number of aliphatic carboxylic acids is 1. The van der Waals surface area contributed by atoms with Crippen LogP contribution in [0, 0.1) is 0 Å². The van der Waals surface area contributed by atoms with Gasteiger partial charge in [-0.1, -0.05) is 0 Å². The maximum atomic E-state index is 12.0. The molecular formula is C11H15N3O7. The first kappa shape index (κ1) is 16.4. The first-order valence-corrected chi connectivity index (χ1v) is 5.96. The maximum absolute atomic E-state index is 12.0. The Hall–Kier alpha value is -2.65. The summed E-state index contributed by atoms with van der Waals surface area (Å²) in [5, 5.41) is 13.1. The Labute approximate surface area is 119 Å². The van der Waals surface area contributed by atoms with Crippen molar-refractivity contribution in [3.63, 3.8) is 0 Å². The molecule has 21 heavy (non-hydrogen) atoms. The molecule has 0 aromatic heterocycles. The number of amides is 4. The number of nitrogens with zero attached hydrogens (tertiary/aromatic N) is 1. The third-order valence-electron chi connectivity index (χ3n) is 2.88. The first-order chi connectivity index (χ1) is 9.76. The maximum Gasteiger partial charge on any atom is 0.326 e. The van der Waals surface area contributed by atoms with Gasteiger partial charge >= 0.3 is 18.0 Å². The lowest BCUT2D eigenvalue weighted by atomic mass is 10.2. The monoisotopic (exact) mass is 301 g/mol. The van der Waals surface area contributed by atoms with Gasteiger partial charge in [0.1, 0.15) is 18.6 Å². The lowest BCUT2D eigenvalue weighted by Gasteiger charge is -2.32. The summed E-state index contributed by atoms with van der Waals surface area (Å²) in [6, 6.07) is -3.38. The summed E-state index contributed by atoms with van der Waals surface area (Å²) >= 11 is 0. The van der Waals surface area contributed by atoms with Crippen molar-refractivity contribution in [2.24, 2.45) is 0 Å². The number of carbonyl (C=O) groups is 5. The average molecular weight is 301 g/mol. The van der Waals surface area contributed by atoms with Crippen LogP contribution in [0.4, 0.5) is 4.79 Å². The molecule has 0 aromatic rings. The van der Waals surface area contributed by atoms with Gasteiger partial charge in [0.2, 0.25) is 11.8 Å². The van der Waals surface area contributed by atoms with Crippen LogP contribution in [0.2, 0.25) is 0 Å². The number of imide groups is 1. The topological polar surface area (TPSA) is 142 Å². The smallest absolute Gasteiger partial charge is 0.326 e. The normalized spacial score (nSPS) is 19.5. The number of ether oxygens (including phenoxy) is 1. The number of rotatable bonds is 4. The van der Waals surface area contributed by atoms with Crippen molar-refractivity contribution in [3.8, 4) is 0 Å². The van der Waals surface area contributed by atoms with E-state index in [0.717, 1.165) is 12.0 Å². The molecule has 0 bridgehead atoms. The Morgan fingerprint density at radius 1 is 1.48 bits per heavy atom. The first-order valence-electron chi connectivity index (χ1n) is 5.96. The summed E-state index contributed by atoms with van der Waals surface area (Å²) < 4.78 is 4.33. The molecule has 1 aliphatic rings. The molecule has 4 amide bonds. The highest BCUT2D eigenvalue weighted by Gasteiger charge is 2.35. The van der Waals surface area contributed by atoms with E-state index in [2.05, 4.69) is 10.1 Å². The van der Waals surface area contributed by atoms with Gasteiger partial charge in [0.05, 0.1) is 13.5 Å². The Morgan fingerprint density at radius 3 is 2.62 bits per heavy atom. The molecule has 3 N–H and O–H groups in total. The second-order valence-corrected chi connectivity index (χ2v) is 4.34. The zero-order valence-electron chi connectivity index (χ0n) is 11.4. The van der Waals surface area contributed by atoms with E-state index in [0.29, 0.717) is 0 Å². The molecule has 2 atom stereocenters. The minimum absolute atomic E-state index is 0.386. The molecule has 116 valence electrons. The van der Waals surface area contributed by atoms with Crippen LogP contribution in [-0.2, 0) is 23.9 Å². The van der Waals surface area contributed by atoms with Crippen LogP contribution in [0.1, 0.15) is 13.3 Å². The van der Waals surface area contributed by atoms with Gasteiger partial charge in [0.15, 0.2) is 0 Å². The van der Waals surface area contributed by atoms with E-state index < -0.39 is 48.3 Å². The second kappa shape index (κ2) is 6.68. The summed E-state index contributed by atoms with van der Waals surface area (Å²) in [5.41, 5.74) is 0. The van der Waals surface area contributed by atoms with E-state index in [9.17, 15) is 24.0 Å². The number of carboxylic acid groups (broad SMARTS) is 1. The molecule has 0 aromatic carbocycles. The molecule has 0 radical (unpaired) electrons. The van der Waals surface area contributed by atoms with Gasteiger partial charge in [-0.15, -0.1) is 0 Å². The number of esters is 1. The summed E-state index contributed by atoms with van der Waals surface area (Å²) in [6.07, 6.45) is -0.570. The number of methoxy groups -OCH3 is 1. The van der Waals surface area contributed by atoms with Crippen molar-refractivity contribution < 1.29 is 33.8 Å². The van der Waals surface area contributed by atoms with Crippen LogP contribution < -0.4 is 10.6 Å². The highest BCUT2D eigenvalue weighted by molar-refractivity contribution is 6.04. The summed E-state index contributed by atoms with van der Waals surface area (Å²) in [5.74, 6) is -3.59. The van der Waals surface area contributed by atoms with Crippen molar-refractivity contribution in [2.45, 2.75) is 25.4 Å². The number of nitrogens with one attached hydrogen (secondary N) is 2. The SMILES string of the molecule is COC(=O)C[C@H](NC(=O)N1CC(=O)NC(=O)C1C)C(=O)O. The van der Waals surface area contributed by atoms with Crippen LogP contribution in [0.3, 0.4) is 0 Å². The molecule has 1 aliphatic heterocycles. The zero-order chi connectivity index (χ0) is 16.2. The molecule has 1 unspecified atom stereocenters. The van der Waals surface area contributed by atoms with Gasteiger partial charge in [-0.2, -0.15) is 0 Å². The fourth-order valence-electron chi connectivity index (χ4n) is 1.64. The van der Waals surface area contributed by atoms with Crippen LogP contribution in [0.15, 0.2) is 0 Å². The predicted molar refractivity (Wildman–Crippen MR) is 65.9 cm³/mol. The molecule has 1 saturated heterocycles. The molecule has 0 saturated carbocycles. The quantitative estimate of drug-likeness (QED) is 0.405. The van der Waals surface area contributed by atoms with Crippen molar-refractivity contribution in [3.05, 3.63) is 0 Å². The Bertz CT molecular complexity index is 490. The molecule has 1 heterocycles. The third kappa shape index (κ3) is 4.16. The van der Waals surface area contributed by atoms with E-state index in [4.69, 9.17) is 5.11 Å². The Kier molecular flexibility index (Phi) is 5.22. The summed E-state index contributed by atoms with van der Waals surface area (Å²) in [4.78, 5) is 57.6. The van der Waals surface area contributed by atoms with Crippen LogP contribution in [0.5, 0.6) is 0 Å². The van der Waals surface area contributed by atoms with Crippen molar-refractivity contribution >= 4 is 29.8 Å². The lowest BCUT2D eigenvalue weighted by molar-refractivity contribution is -0.147. The van der Waals surface area contributed by atoms with Gasteiger partial charge in [-0.3, -0.25) is 19.7 Å². The molecule has 0 spiro atoms. The Morgan fingerprint density at radius 2 is 2.10 bits per heavy atom. The van der Waals surface area contributed by atoms with E-state index in [-0.39, 0.29) is 6.54 Å². The lowest BCUT2D eigenvalue weighted by Crippen LogP contribution is -2.62. The van der Waals surface area contributed by atoms with Crippen LogP contribution in [0.25, 0.3) is 0 Å². The zero-order valence-corrected chi connectivity index (χ0v) is 11.4. The van der Waals surface area contributed by atoms with Crippen LogP contribution >= 0.6 is 0 Å². The van der Waals surface area contributed by atoms with Crippen molar-refractivity contribution in [1.82, 2.24) is 15.5 Å². The number of piperazine rings is 1. The van der Waals surface area contributed by atoms with Crippen molar-refractivity contribution in [1.29, 1.82) is 0 Å². The van der Waals surface area contributed by atoms with Crippen LogP contribution in [-0.4, -0.2) is 65.5 Å². The molecule has 1 rings (SSSR count). The van der Waals surface area contributed by atoms with Crippen molar-refractivity contribution in [2.75, 3.05) is 13.7 Å². The fraction of sp³-hybridized carbons (Fsp3) is 0.545. The number of urea groups is 1. The van der Waals surface area contributed by atoms with E-state index in [1.807, 2.05) is 5.32 Å². The molecule has 10 heteroatoms. The minimum Gasteiger partial charge on any atom is -0.480 e. The second-order valence-electron chi connectivity index (χ2n) is 4.34. The molecule has 10 nitrogen and oxygen atoms in total. The molecular weight excluding hydrogens is 286 g/mol. The number of carbonyl (C=O) groups excluding carboxylic acids is 4. The minimum atomic E-state index is -1.52. The largest absolute Gasteiger partial charge is 0.480 e. The number of carboxylic acids is 1. The predicted octanol–water partition coefficient (Wildman–Crippen LogP) is -1.94.